The summed E-state index contributed by atoms with van der Waals surface area (Å²) in [5.74, 6) is 0.909. The Morgan fingerprint density at radius 1 is 1.30 bits per heavy atom. The molecule has 20 heavy (non-hydrogen) atoms. The third-order valence-corrected chi connectivity index (χ3v) is 4.37. The van der Waals surface area contributed by atoms with Gasteiger partial charge in [-0.3, -0.25) is 4.90 Å². The molecule has 3 rings (SSSR count). The summed E-state index contributed by atoms with van der Waals surface area (Å²) < 4.78 is 2.86. The van der Waals surface area contributed by atoms with E-state index < -0.39 is 0 Å². The number of aromatic nitrogens is 3. The van der Waals surface area contributed by atoms with Crippen molar-refractivity contribution in [2.45, 2.75) is 25.8 Å². The number of nitrogens with zero attached hydrogens (tertiary/aromatic N) is 4. The Bertz CT molecular complexity index is 601. The molecule has 1 saturated heterocycles. The van der Waals surface area contributed by atoms with E-state index in [4.69, 9.17) is 0 Å². The van der Waals surface area contributed by atoms with Gasteiger partial charge in [-0.1, -0.05) is 0 Å². The minimum absolute atomic E-state index is 0.0876. The molecule has 0 atom stereocenters. The number of halogens is 1. The van der Waals surface area contributed by atoms with Crippen LogP contribution >= 0.6 is 15.9 Å². The molecule has 0 spiro atoms. The van der Waals surface area contributed by atoms with Crippen LogP contribution in [-0.4, -0.2) is 51.2 Å². The van der Waals surface area contributed by atoms with Crippen LogP contribution in [0.3, 0.4) is 0 Å². The van der Waals surface area contributed by atoms with Gasteiger partial charge in [-0.15, -0.1) is 0 Å². The number of rotatable bonds is 3. The molecule has 0 bridgehead atoms. The van der Waals surface area contributed by atoms with E-state index in [9.17, 15) is 0 Å². The first-order valence-corrected chi connectivity index (χ1v) is 7.80. The highest BCUT2D eigenvalue weighted by atomic mass is 79.9. The Balaban J connectivity index is 1.80. The van der Waals surface area contributed by atoms with Crippen LogP contribution in [0.25, 0.3) is 5.65 Å². The average molecular weight is 338 g/mol. The van der Waals surface area contributed by atoms with Crippen molar-refractivity contribution in [2.75, 3.05) is 26.2 Å². The second kappa shape index (κ2) is 5.42. The van der Waals surface area contributed by atoms with Crippen molar-refractivity contribution in [1.82, 2.24) is 24.8 Å². The Morgan fingerprint density at radius 3 is 2.80 bits per heavy atom. The zero-order valence-corrected chi connectivity index (χ0v) is 13.5. The summed E-state index contributed by atoms with van der Waals surface area (Å²) in [7, 11) is 0. The number of fused-ring (bicyclic) bond motifs is 1. The maximum absolute atomic E-state index is 4.62. The van der Waals surface area contributed by atoms with Crippen molar-refractivity contribution in [3.05, 3.63) is 28.6 Å². The van der Waals surface area contributed by atoms with Crippen molar-refractivity contribution in [1.29, 1.82) is 0 Å². The van der Waals surface area contributed by atoms with Crippen molar-refractivity contribution in [2.24, 2.45) is 0 Å². The van der Waals surface area contributed by atoms with Crippen LogP contribution in [0.1, 0.15) is 19.7 Å². The number of nitrogens with one attached hydrogen (secondary N) is 1. The molecule has 1 aliphatic heterocycles. The lowest BCUT2D eigenvalue weighted by molar-refractivity contribution is 0.102. The standard InChI is InChI=1S/C14H20BrN5/c1-14(2,19-7-5-16-6-8-19)9-12-17-13-4-3-11(15)10-20(13)18-12/h3-4,10,16H,5-9H2,1-2H3. The molecule has 0 saturated carbocycles. The lowest BCUT2D eigenvalue weighted by Gasteiger charge is -2.40. The topological polar surface area (TPSA) is 45.5 Å². The van der Waals surface area contributed by atoms with Crippen molar-refractivity contribution < 1.29 is 0 Å². The minimum Gasteiger partial charge on any atom is -0.314 e. The van der Waals surface area contributed by atoms with E-state index in [1.165, 1.54) is 0 Å². The number of hydrogen-bond donors (Lipinski definition) is 1. The fourth-order valence-corrected chi connectivity index (χ4v) is 3.07. The fraction of sp³-hybridized carbons (Fsp3) is 0.571. The molecular formula is C14H20BrN5. The lowest BCUT2D eigenvalue weighted by atomic mass is 9.97. The summed E-state index contributed by atoms with van der Waals surface area (Å²) in [5.41, 5.74) is 0.990. The predicted octanol–water partition coefficient (Wildman–Crippen LogP) is 1.72. The predicted molar refractivity (Wildman–Crippen MR) is 82.9 cm³/mol. The smallest absolute Gasteiger partial charge is 0.155 e. The first-order chi connectivity index (χ1) is 9.54. The summed E-state index contributed by atoms with van der Waals surface area (Å²) in [5, 5.41) is 7.98. The molecule has 0 radical (unpaired) electrons. The first kappa shape index (κ1) is 14.0. The van der Waals surface area contributed by atoms with Gasteiger partial charge in [0.05, 0.1) is 0 Å². The molecule has 1 fully saturated rings. The first-order valence-electron chi connectivity index (χ1n) is 7.01. The van der Waals surface area contributed by atoms with Gasteiger partial charge in [0.1, 0.15) is 0 Å². The molecule has 1 aliphatic rings. The van der Waals surface area contributed by atoms with Gasteiger partial charge in [0.25, 0.3) is 0 Å². The van der Waals surface area contributed by atoms with Gasteiger partial charge in [-0.05, 0) is 41.9 Å². The normalized spacial score (nSPS) is 17.8. The molecule has 0 aliphatic carbocycles. The lowest BCUT2D eigenvalue weighted by Crippen LogP contribution is -2.54. The number of hydrogen-bond acceptors (Lipinski definition) is 4. The maximum Gasteiger partial charge on any atom is 0.155 e. The Labute approximate surface area is 127 Å². The van der Waals surface area contributed by atoms with Crippen LogP contribution in [0, 0.1) is 0 Å². The van der Waals surface area contributed by atoms with E-state index in [2.05, 4.69) is 50.1 Å². The molecule has 1 N–H and O–H groups in total. The average Bonchev–Trinajstić information content (AvgIpc) is 2.80. The van der Waals surface area contributed by atoms with Crippen molar-refractivity contribution in [3.63, 3.8) is 0 Å². The van der Waals surface area contributed by atoms with Gasteiger partial charge < -0.3 is 5.32 Å². The fourth-order valence-electron chi connectivity index (χ4n) is 2.75. The van der Waals surface area contributed by atoms with E-state index >= 15 is 0 Å². The largest absolute Gasteiger partial charge is 0.314 e. The summed E-state index contributed by atoms with van der Waals surface area (Å²) in [6, 6.07) is 3.98. The molecule has 2 aromatic heterocycles. The minimum atomic E-state index is 0.0876. The van der Waals surface area contributed by atoms with Gasteiger partial charge in [0.15, 0.2) is 11.5 Å². The summed E-state index contributed by atoms with van der Waals surface area (Å²) >= 11 is 3.46. The molecule has 3 heterocycles. The third-order valence-electron chi connectivity index (χ3n) is 3.90. The molecular weight excluding hydrogens is 318 g/mol. The van der Waals surface area contributed by atoms with E-state index in [0.29, 0.717) is 0 Å². The highest BCUT2D eigenvalue weighted by molar-refractivity contribution is 9.10. The zero-order valence-electron chi connectivity index (χ0n) is 11.9. The molecule has 0 amide bonds. The van der Waals surface area contributed by atoms with Gasteiger partial charge in [0.2, 0.25) is 0 Å². The summed E-state index contributed by atoms with van der Waals surface area (Å²) in [6.45, 7) is 8.86. The quantitative estimate of drug-likeness (QED) is 0.926. The van der Waals surface area contributed by atoms with Gasteiger partial charge in [-0.2, -0.15) is 5.10 Å². The Kier molecular flexibility index (Phi) is 3.79. The maximum atomic E-state index is 4.62. The van der Waals surface area contributed by atoms with E-state index in [1.54, 1.807) is 0 Å². The second-order valence-electron chi connectivity index (χ2n) is 5.90. The zero-order chi connectivity index (χ0) is 14.2. The summed E-state index contributed by atoms with van der Waals surface area (Å²) in [6.07, 6.45) is 2.82. The van der Waals surface area contributed by atoms with Gasteiger partial charge in [-0.25, -0.2) is 9.50 Å². The highest BCUT2D eigenvalue weighted by Gasteiger charge is 2.29. The second-order valence-corrected chi connectivity index (χ2v) is 6.82. The van der Waals surface area contributed by atoms with Crippen molar-refractivity contribution in [3.8, 4) is 0 Å². The monoisotopic (exact) mass is 337 g/mol. The molecule has 108 valence electrons. The van der Waals surface area contributed by atoms with Crippen molar-refractivity contribution >= 4 is 21.6 Å². The highest BCUT2D eigenvalue weighted by Crippen LogP contribution is 2.20. The van der Waals surface area contributed by atoms with E-state index in [1.807, 2.05) is 22.8 Å². The number of piperazine rings is 1. The Morgan fingerprint density at radius 2 is 2.05 bits per heavy atom. The SMILES string of the molecule is CC(C)(Cc1nc2ccc(Br)cn2n1)N1CCNCC1. The van der Waals surface area contributed by atoms with Crippen LogP contribution < -0.4 is 5.32 Å². The van der Waals surface area contributed by atoms with Gasteiger partial charge in [0, 0.05) is 48.8 Å². The van der Waals surface area contributed by atoms with Crippen LogP contribution in [0.5, 0.6) is 0 Å². The van der Waals surface area contributed by atoms with Crippen LogP contribution in [-0.2, 0) is 6.42 Å². The van der Waals surface area contributed by atoms with E-state index in [-0.39, 0.29) is 5.54 Å². The molecule has 0 unspecified atom stereocenters. The molecule has 5 nitrogen and oxygen atoms in total. The van der Waals surface area contributed by atoms with Crippen LogP contribution in [0.4, 0.5) is 0 Å². The molecule has 2 aromatic rings. The van der Waals surface area contributed by atoms with Crippen LogP contribution in [0.2, 0.25) is 0 Å². The number of pyridine rings is 1. The van der Waals surface area contributed by atoms with Crippen LogP contribution in [0.15, 0.2) is 22.8 Å². The summed E-state index contributed by atoms with van der Waals surface area (Å²) in [4.78, 5) is 7.14. The molecule has 0 aromatic carbocycles. The molecule has 6 heteroatoms. The Hall–Kier alpha value is -0.980. The van der Waals surface area contributed by atoms with E-state index in [0.717, 1.165) is 48.5 Å². The van der Waals surface area contributed by atoms with Gasteiger partial charge >= 0.3 is 0 Å². The third kappa shape index (κ3) is 2.87.